The van der Waals surface area contributed by atoms with Gasteiger partial charge in [0.2, 0.25) is 0 Å². The number of amides is 1. The van der Waals surface area contributed by atoms with Crippen molar-refractivity contribution in [2.75, 3.05) is 25.1 Å². The van der Waals surface area contributed by atoms with Crippen LogP contribution in [0.15, 0.2) is 23.6 Å². The van der Waals surface area contributed by atoms with Crippen molar-refractivity contribution in [2.24, 2.45) is 11.7 Å². The number of halogens is 1. The number of carbonyl (C=O) groups is 1. The van der Waals surface area contributed by atoms with Gasteiger partial charge in [-0.25, -0.2) is 4.98 Å². The van der Waals surface area contributed by atoms with Crippen molar-refractivity contribution in [3.63, 3.8) is 0 Å². The zero-order valence-corrected chi connectivity index (χ0v) is 16.3. The van der Waals surface area contributed by atoms with Crippen molar-refractivity contribution in [3.8, 4) is 5.75 Å². The van der Waals surface area contributed by atoms with Crippen LogP contribution in [0.2, 0.25) is 0 Å². The molecule has 0 atom stereocenters. The van der Waals surface area contributed by atoms with Crippen LogP contribution in [0.4, 0.5) is 5.69 Å². The first-order valence-corrected chi connectivity index (χ1v) is 9.30. The van der Waals surface area contributed by atoms with Crippen LogP contribution in [-0.4, -0.2) is 30.7 Å². The number of hydrogen-bond donors (Lipinski definition) is 2. The second-order valence-corrected chi connectivity index (χ2v) is 7.07. The Morgan fingerprint density at radius 3 is 2.88 bits per heavy atom. The number of hydrogen-bond acceptors (Lipinski definition) is 6. The van der Waals surface area contributed by atoms with Crippen molar-refractivity contribution in [2.45, 2.75) is 26.3 Å². The largest absolute Gasteiger partial charge is 0.493 e. The van der Waals surface area contributed by atoms with E-state index in [0.29, 0.717) is 30.5 Å². The lowest BCUT2D eigenvalue weighted by Crippen LogP contribution is -2.21. The second kappa shape index (κ2) is 9.87. The maximum absolute atomic E-state index is 12.3. The van der Waals surface area contributed by atoms with Crippen LogP contribution >= 0.6 is 23.7 Å². The number of ether oxygens (including phenoxy) is 2. The molecule has 0 spiro atoms. The summed E-state index contributed by atoms with van der Waals surface area (Å²) in [6.07, 6.45) is 2.06. The fraction of sp³-hybridized carbons (Fsp3) is 0.444. The van der Waals surface area contributed by atoms with Gasteiger partial charge in [-0.1, -0.05) is 6.07 Å². The van der Waals surface area contributed by atoms with E-state index < -0.39 is 0 Å². The number of carbonyl (C=O) groups excluding carboxylic acids is 1. The molecule has 26 heavy (non-hydrogen) atoms. The summed E-state index contributed by atoms with van der Waals surface area (Å²) in [6.45, 7) is 4.63. The zero-order valence-electron chi connectivity index (χ0n) is 14.7. The molecule has 0 saturated carbocycles. The van der Waals surface area contributed by atoms with Gasteiger partial charge in [-0.3, -0.25) is 4.79 Å². The van der Waals surface area contributed by atoms with Gasteiger partial charge in [-0.05, 0) is 37.3 Å². The fourth-order valence-electron chi connectivity index (χ4n) is 2.66. The van der Waals surface area contributed by atoms with Gasteiger partial charge in [0, 0.05) is 36.9 Å². The van der Waals surface area contributed by atoms with Gasteiger partial charge in [0.1, 0.15) is 16.5 Å². The van der Waals surface area contributed by atoms with Crippen LogP contribution < -0.4 is 15.8 Å². The number of aromatic nitrogens is 1. The predicted molar refractivity (Wildman–Crippen MR) is 105 cm³/mol. The topological polar surface area (TPSA) is 86.5 Å². The lowest BCUT2D eigenvalue weighted by Gasteiger charge is -2.22. The van der Waals surface area contributed by atoms with E-state index in [2.05, 4.69) is 10.3 Å². The van der Waals surface area contributed by atoms with Crippen LogP contribution in [-0.2, 0) is 11.3 Å². The summed E-state index contributed by atoms with van der Waals surface area (Å²) in [7, 11) is 0. The third kappa shape index (κ3) is 5.41. The Morgan fingerprint density at radius 2 is 2.19 bits per heavy atom. The molecule has 1 amide bonds. The lowest BCUT2D eigenvalue weighted by atomic mass is 10.0. The van der Waals surface area contributed by atoms with Gasteiger partial charge in [0.05, 0.1) is 6.61 Å². The first-order chi connectivity index (χ1) is 12.2. The number of nitrogens with zero attached hydrogens (tertiary/aromatic N) is 1. The molecule has 0 unspecified atom stereocenters. The van der Waals surface area contributed by atoms with Gasteiger partial charge in [-0.2, -0.15) is 0 Å². The standard InChI is InChI=1S/C18H23N3O3S.ClH/c1-12-2-3-14(20-18(22)15-11-25-17(9-19)21-15)8-16(12)24-10-13-4-6-23-7-5-13;/h2-3,8,11,13H,4-7,9-10,19H2,1H3,(H,20,22);1H. The Bertz CT molecular complexity index is 732. The fourth-order valence-corrected chi connectivity index (χ4v) is 3.31. The first kappa shape index (κ1) is 20.6. The van der Waals surface area contributed by atoms with E-state index in [-0.39, 0.29) is 18.3 Å². The summed E-state index contributed by atoms with van der Waals surface area (Å²) in [5, 5.41) is 5.33. The monoisotopic (exact) mass is 397 g/mol. The van der Waals surface area contributed by atoms with Crippen molar-refractivity contribution < 1.29 is 14.3 Å². The molecule has 142 valence electrons. The Labute approximate surface area is 163 Å². The van der Waals surface area contributed by atoms with E-state index in [1.165, 1.54) is 11.3 Å². The van der Waals surface area contributed by atoms with Crippen LogP contribution in [0.3, 0.4) is 0 Å². The summed E-state index contributed by atoms with van der Waals surface area (Å²) in [5.41, 5.74) is 7.66. The summed E-state index contributed by atoms with van der Waals surface area (Å²) in [5.74, 6) is 1.08. The minimum atomic E-state index is -0.241. The summed E-state index contributed by atoms with van der Waals surface area (Å²) < 4.78 is 11.4. The summed E-state index contributed by atoms with van der Waals surface area (Å²) in [6, 6.07) is 5.68. The molecule has 0 radical (unpaired) electrons. The van der Waals surface area contributed by atoms with Crippen LogP contribution in [0, 0.1) is 12.8 Å². The molecule has 0 aliphatic carbocycles. The Kier molecular flexibility index (Phi) is 7.84. The molecule has 1 aromatic carbocycles. The average molecular weight is 398 g/mol. The molecule has 0 bridgehead atoms. The van der Waals surface area contributed by atoms with Gasteiger partial charge < -0.3 is 20.5 Å². The van der Waals surface area contributed by atoms with Gasteiger partial charge in [0.25, 0.3) is 5.91 Å². The maximum atomic E-state index is 12.3. The highest BCUT2D eigenvalue weighted by atomic mass is 35.5. The molecule has 2 heterocycles. The third-order valence-electron chi connectivity index (χ3n) is 4.22. The van der Waals surface area contributed by atoms with E-state index in [9.17, 15) is 4.79 Å². The Balaban J connectivity index is 0.00000243. The van der Waals surface area contributed by atoms with E-state index in [1.807, 2.05) is 25.1 Å². The number of thiazole rings is 1. The van der Waals surface area contributed by atoms with Crippen molar-refractivity contribution in [1.29, 1.82) is 0 Å². The van der Waals surface area contributed by atoms with Crippen LogP contribution in [0.5, 0.6) is 5.75 Å². The Morgan fingerprint density at radius 1 is 1.42 bits per heavy atom. The van der Waals surface area contributed by atoms with E-state index in [0.717, 1.165) is 42.4 Å². The van der Waals surface area contributed by atoms with Crippen molar-refractivity contribution in [3.05, 3.63) is 39.8 Å². The number of rotatable bonds is 6. The Hall–Kier alpha value is -1.67. The number of nitrogens with one attached hydrogen (secondary N) is 1. The highest BCUT2D eigenvalue weighted by Crippen LogP contribution is 2.25. The number of anilines is 1. The minimum Gasteiger partial charge on any atom is -0.493 e. The van der Waals surface area contributed by atoms with Gasteiger partial charge in [-0.15, -0.1) is 23.7 Å². The molecule has 1 fully saturated rings. The first-order valence-electron chi connectivity index (χ1n) is 8.42. The van der Waals surface area contributed by atoms with E-state index in [4.69, 9.17) is 15.2 Å². The SMILES string of the molecule is Cc1ccc(NC(=O)c2csc(CN)n2)cc1OCC1CCOCC1.Cl. The molecule has 1 aliphatic rings. The molecular weight excluding hydrogens is 374 g/mol. The minimum absolute atomic E-state index is 0. The molecule has 3 rings (SSSR count). The number of benzene rings is 1. The van der Waals surface area contributed by atoms with Crippen LogP contribution in [0.1, 0.15) is 33.9 Å². The molecule has 1 aliphatic heterocycles. The van der Waals surface area contributed by atoms with E-state index in [1.54, 1.807) is 5.38 Å². The predicted octanol–water partition coefficient (Wildman–Crippen LogP) is 3.39. The van der Waals surface area contributed by atoms with Crippen molar-refractivity contribution >= 4 is 35.3 Å². The number of aryl methyl sites for hydroxylation is 1. The van der Waals surface area contributed by atoms with Gasteiger partial charge in [0.15, 0.2) is 0 Å². The highest BCUT2D eigenvalue weighted by molar-refractivity contribution is 7.09. The summed E-state index contributed by atoms with van der Waals surface area (Å²) in [4.78, 5) is 16.5. The quantitative estimate of drug-likeness (QED) is 0.780. The summed E-state index contributed by atoms with van der Waals surface area (Å²) >= 11 is 1.39. The second-order valence-electron chi connectivity index (χ2n) is 6.13. The molecular formula is C18H24ClN3O3S. The molecule has 1 saturated heterocycles. The zero-order chi connectivity index (χ0) is 17.6. The number of nitrogens with two attached hydrogens (primary N) is 1. The third-order valence-corrected chi connectivity index (χ3v) is 5.09. The molecule has 8 heteroatoms. The maximum Gasteiger partial charge on any atom is 0.275 e. The lowest BCUT2D eigenvalue weighted by molar-refractivity contribution is 0.0496. The highest BCUT2D eigenvalue weighted by Gasteiger charge is 2.16. The van der Waals surface area contributed by atoms with Gasteiger partial charge >= 0.3 is 0 Å². The average Bonchev–Trinajstić information content (AvgIpc) is 3.12. The van der Waals surface area contributed by atoms with E-state index >= 15 is 0 Å². The molecule has 1 aromatic heterocycles. The molecule has 3 N–H and O–H groups in total. The van der Waals surface area contributed by atoms with Crippen molar-refractivity contribution in [1.82, 2.24) is 4.98 Å². The normalized spacial score (nSPS) is 14.5. The molecule has 6 nitrogen and oxygen atoms in total. The molecule has 2 aromatic rings. The van der Waals surface area contributed by atoms with Crippen LogP contribution in [0.25, 0.3) is 0 Å². The smallest absolute Gasteiger partial charge is 0.275 e.